The van der Waals surface area contributed by atoms with Crippen LogP contribution in [0, 0.1) is 0 Å². The van der Waals surface area contributed by atoms with E-state index >= 15 is 0 Å². The predicted molar refractivity (Wildman–Crippen MR) is 73.9 cm³/mol. The molecular weight excluding hydrogens is 288 g/mol. The second-order valence-electron chi connectivity index (χ2n) is 4.77. The predicted octanol–water partition coefficient (Wildman–Crippen LogP) is 1.77. The maximum Gasteiger partial charge on any atom is 0.310 e. The number of carbonyl (C=O) groups excluding carboxylic acids is 3. The molecule has 0 bridgehead atoms. The van der Waals surface area contributed by atoms with E-state index in [1.165, 1.54) is 20.1 Å². The second-order valence-corrected chi connectivity index (χ2v) is 4.77. The van der Waals surface area contributed by atoms with Crippen molar-refractivity contribution in [3.63, 3.8) is 0 Å². The Balaban J connectivity index is 2.15. The SMILES string of the molecule is COC1OC(OC(C)=O)=CC2=C1C(=O)c1ccccc1C2=O. The van der Waals surface area contributed by atoms with Crippen molar-refractivity contribution in [2.45, 2.75) is 13.2 Å². The van der Waals surface area contributed by atoms with Crippen molar-refractivity contribution in [1.29, 1.82) is 0 Å². The molecule has 0 N–H and O–H groups in total. The van der Waals surface area contributed by atoms with E-state index in [1.54, 1.807) is 24.3 Å². The van der Waals surface area contributed by atoms with Crippen LogP contribution in [0.1, 0.15) is 27.6 Å². The lowest BCUT2D eigenvalue weighted by molar-refractivity contribution is -0.153. The smallest absolute Gasteiger partial charge is 0.310 e. The third-order valence-corrected chi connectivity index (χ3v) is 3.38. The first-order chi connectivity index (χ1) is 10.5. The standard InChI is InChI=1S/C16H12O6/c1-8(17)21-12-7-11-13(16(20-2)22-12)15(19)10-6-4-3-5-9(10)14(11)18/h3-7,16H,1-2H3. The van der Waals surface area contributed by atoms with E-state index in [-0.39, 0.29) is 28.7 Å². The van der Waals surface area contributed by atoms with Crippen LogP contribution < -0.4 is 0 Å². The Kier molecular flexibility index (Phi) is 3.38. The van der Waals surface area contributed by atoms with Crippen LogP contribution in [0.5, 0.6) is 0 Å². The van der Waals surface area contributed by atoms with Gasteiger partial charge in [-0.1, -0.05) is 24.3 Å². The lowest BCUT2D eigenvalue weighted by atomic mass is 9.83. The van der Waals surface area contributed by atoms with Gasteiger partial charge in [0.05, 0.1) is 5.57 Å². The highest BCUT2D eigenvalue weighted by Gasteiger charge is 2.40. The lowest BCUT2D eigenvalue weighted by Gasteiger charge is -2.29. The Morgan fingerprint density at radius 3 is 2.36 bits per heavy atom. The average molecular weight is 300 g/mol. The number of hydrogen-bond donors (Lipinski definition) is 0. The molecular formula is C16H12O6. The topological polar surface area (TPSA) is 78.9 Å². The largest absolute Gasteiger partial charge is 0.430 e. The quantitative estimate of drug-likeness (QED) is 0.774. The molecule has 0 spiro atoms. The Morgan fingerprint density at radius 2 is 1.77 bits per heavy atom. The van der Waals surface area contributed by atoms with Crippen molar-refractivity contribution >= 4 is 17.5 Å². The molecule has 0 aromatic heterocycles. The molecule has 1 atom stereocenters. The fourth-order valence-electron chi connectivity index (χ4n) is 2.47. The summed E-state index contributed by atoms with van der Waals surface area (Å²) in [5.41, 5.74) is 0.850. The summed E-state index contributed by atoms with van der Waals surface area (Å²) in [6, 6.07) is 6.52. The van der Waals surface area contributed by atoms with Gasteiger partial charge in [-0.2, -0.15) is 0 Å². The molecule has 0 fully saturated rings. The zero-order chi connectivity index (χ0) is 15.9. The zero-order valence-corrected chi connectivity index (χ0v) is 11.9. The summed E-state index contributed by atoms with van der Waals surface area (Å²) < 4.78 is 15.3. The van der Waals surface area contributed by atoms with Crippen LogP contribution in [0.4, 0.5) is 0 Å². The summed E-state index contributed by atoms with van der Waals surface area (Å²) >= 11 is 0. The van der Waals surface area contributed by atoms with Crippen LogP contribution in [0.25, 0.3) is 0 Å². The lowest BCUT2D eigenvalue weighted by Crippen LogP contribution is -2.34. The van der Waals surface area contributed by atoms with Crippen molar-refractivity contribution < 1.29 is 28.6 Å². The van der Waals surface area contributed by atoms with Crippen LogP contribution in [0.15, 0.2) is 47.4 Å². The number of methoxy groups -OCH3 is 1. The maximum atomic E-state index is 12.6. The van der Waals surface area contributed by atoms with Crippen molar-refractivity contribution in [2.24, 2.45) is 0 Å². The van der Waals surface area contributed by atoms with Gasteiger partial charge in [0.25, 0.3) is 5.95 Å². The van der Waals surface area contributed by atoms with E-state index in [4.69, 9.17) is 14.2 Å². The van der Waals surface area contributed by atoms with E-state index in [1.807, 2.05) is 0 Å². The molecule has 22 heavy (non-hydrogen) atoms. The summed E-state index contributed by atoms with van der Waals surface area (Å²) in [5.74, 6) is -1.44. The van der Waals surface area contributed by atoms with Gasteiger partial charge in [0.15, 0.2) is 11.6 Å². The van der Waals surface area contributed by atoms with E-state index in [9.17, 15) is 14.4 Å². The summed E-state index contributed by atoms with van der Waals surface area (Å²) in [6.45, 7) is 1.21. The minimum absolute atomic E-state index is 0.113. The van der Waals surface area contributed by atoms with Crippen LogP contribution in [0.3, 0.4) is 0 Å². The van der Waals surface area contributed by atoms with Crippen molar-refractivity contribution in [2.75, 3.05) is 7.11 Å². The van der Waals surface area contributed by atoms with Crippen LogP contribution in [0.2, 0.25) is 0 Å². The van der Waals surface area contributed by atoms with E-state index < -0.39 is 12.3 Å². The number of rotatable bonds is 2. The number of carbonyl (C=O) groups is 3. The van der Waals surface area contributed by atoms with E-state index in [0.717, 1.165) is 0 Å². The molecule has 6 heteroatoms. The summed E-state index contributed by atoms with van der Waals surface area (Å²) in [5, 5.41) is 0. The second kappa shape index (κ2) is 5.23. The fourth-order valence-corrected chi connectivity index (χ4v) is 2.47. The monoisotopic (exact) mass is 300 g/mol. The molecule has 112 valence electrons. The molecule has 0 saturated carbocycles. The minimum Gasteiger partial charge on any atom is -0.430 e. The van der Waals surface area contributed by atoms with Gasteiger partial charge in [-0.05, 0) is 0 Å². The molecule has 1 aliphatic heterocycles. The Morgan fingerprint density at radius 1 is 1.14 bits per heavy atom. The number of esters is 1. The van der Waals surface area contributed by atoms with Gasteiger partial charge < -0.3 is 14.2 Å². The average Bonchev–Trinajstić information content (AvgIpc) is 2.51. The first kappa shape index (κ1) is 14.2. The molecule has 6 nitrogen and oxygen atoms in total. The molecule has 2 aliphatic rings. The number of hydrogen-bond acceptors (Lipinski definition) is 6. The first-order valence-corrected chi connectivity index (χ1v) is 6.55. The first-order valence-electron chi connectivity index (χ1n) is 6.55. The third-order valence-electron chi connectivity index (χ3n) is 3.38. The van der Waals surface area contributed by atoms with Crippen LogP contribution >= 0.6 is 0 Å². The molecule has 1 aromatic rings. The summed E-state index contributed by atoms with van der Waals surface area (Å²) in [7, 11) is 1.34. The molecule has 0 radical (unpaired) electrons. The molecule has 1 heterocycles. The van der Waals surface area contributed by atoms with Crippen molar-refractivity contribution in [1.82, 2.24) is 0 Å². The van der Waals surface area contributed by atoms with Crippen molar-refractivity contribution in [3.05, 3.63) is 58.6 Å². The van der Waals surface area contributed by atoms with Gasteiger partial charge in [0.2, 0.25) is 6.29 Å². The zero-order valence-electron chi connectivity index (χ0n) is 11.9. The van der Waals surface area contributed by atoms with Crippen LogP contribution in [-0.2, 0) is 19.0 Å². The van der Waals surface area contributed by atoms with Gasteiger partial charge in [0.1, 0.15) is 0 Å². The van der Waals surface area contributed by atoms with Gasteiger partial charge in [-0.15, -0.1) is 0 Å². The van der Waals surface area contributed by atoms with Gasteiger partial charge in [-0.3, -0.25) is 14.4 Å². The molecule has 1 aliphatic carbocycles. The van der Waals surface area contributed by atoms with E-state index in [2.05, 4.69) is 0 Å². The number of Topliss-reactive ketones (excluding diaryl/α,β-unsaturated/α-hetero) is 2. The van der Waals surface area contributed by atoms with Gasteiger partial charge in [0, 0.05) is 36.8 Å². The number of benzene rings is 1. The molecule has 0 saturated heterocycles. The highest BCUT2D eigenvalue weighted by molar-refractivity contribution is 6.28. The molecule has 1 aromatic carbocycles. The Bertz CT molecular complexity index is 756. The highest BCUT2D eigenvalue weighted by Crippen LogP contribution is 2.34. The van der Waals surface area contributed by atoms with Crippen LogP contribution in [-0.4, -0.2) is 30.9 Å². The van der Waals surface area contributed by atoms with Crippen molar-refractivity contribution in [3.8, 4) is 0 Å². The number of allylic oxidation sites excluding steroid dienone is 2. The Labute approximate surface area is 126 Å². The number of fused-ring (bicyclic) bond motifs is 1. The third kappa shape index (κ3) is 2.14. The Hall–Kier alpha value is -2.73. The van der Waals surface area contributed by atoms with Gasteiger partial charge in [-0.25, -0.2) is 0 Å². The molecule has 0 amide bonds. The molecule has 3 rings (SSSR count). The summed E-state index contributed by atoms with van der Waals surface area (Å²) in [4.78, 5) is 36.2. The van der Waals surface area contributed by atoms with E-state index in [0.29, 0.717) is 11.1 Å². The normalized spacial score (nSPS) is 19.9. The van der Waals surface area contributed by atoms with Gasteiger partial charge >= 0.3 is 5.97 Å². The maximum absolute atomic E-state index is 12.6. The fraction of sp³-hybridized carbons (Fsp3) is 0.188. The number of ketones is 2. The number of ether oxygens (including phenoxy) is 3. The summed E-state index contributed by atoms with van der Waals surface area (Å²) in [6.07, 6.45) is 0.154. The molecule has 1 unspecified atom stereocenters. The minimum atomic E-state index is -1.10. The highest BCUT2D eigenvalue weighted by atomic mass is 16.8.